The number of benzene rings is 2. The van der Waals surface area contributed by atoms with E-state index in [2.05, 4.69) is 9.97 Å². The van der Waals surface area contributed by atoms with Crippen molar-refractivity contribution in [2.45, 2.75) is 19.4 Å². The summed E-state index contributed by atoms with van der Waals surface area (Å²) in [7, 11) is 0. The maximum absolute atomic E-state index is 14.2. The van der Waals surface area contributed by atoms with E-state index in [1.165, 1.54) is 22.3 Å². The number of rotatable bonds is 5. The zero-order chi connectivity index (χ0) is 22.9. The highest BCUT2D eigenvalue weighted by molar-refractivity contribution is 7.22. The summed E-state index contributed by atoms with van der Waals surface area (Å²) in [5, 5.41) is 0.347. The number of carbonyl (C=O) groups is 3. The Morgan fingerprint density at radius 2 is 1.76 bits per heavy atom. The van der Waals surface area contributed by atoms with E-state index >= 15 is 0 Å². The van der Waals surface area contributed by atoms with E-state index in [1.807, 2.05) is 6.07 Å². The Kier molecular flexibility index (Phi) is 5.39. The van der Waals surface area contributed by atoms with Crippen molar-refractivity contribution >= 4 is 50.1 Å². The van der Waals surface area contributed by atoms with Gasteiger partial charge in [0.15, 0.2) is 5.13 Å². The predicted molar refractivity (Wildman–Crippen MR) is 122 cm³/mol. The maximum atomic E-state index is 14.2. The molecule has 0 radical (unpaired) electrons. The Morgan fingerprint density at radius 3 is 2.42 bits per heavy atom. The molecule has 7 nitrogen and oxygen atoms in total. The SMILES string of the molecule is O=C(c1ccc(N2C(=O)CCC2=O)cc1)N(Cc1ccccn1)c1nc2c(F)cccc2s1. The molecule has 2 aromatic heterocycles. The third kappa shape index (κ3) is 3.98. The van der Waals surface area contributed by atoms with Crippen molar-refractivity contribution in [2.75, 3.05) is 9.80 Å². The first-order valence-corrected chi connectivity index (χ1v) is 11.1. The van der Waals surface area contributed by atoms with Gasteiger partial charge >= 0.3 is 0 Å². The van der Waals surface area contributed by atoms with Gasteiger partial charge in [0.25, 0.3) is 5.91 Å². The van der Waals surface area contributed by atoms with Crippen molar-refractivity contribution < 1.29 is 18.8 Å². The topological polar surface area (TPSA) is 83.5 Å². The number of thiazole rings is 1. The van der Waals surface area contributed by atoms with Crippen LogP contribution in [0.1, 0.15) is 28.9 Å². The molecule has 1 aliphatic heterocycles. The van der Waals surface area contributed by atoms with Gasteiger partial charge in [-0.05, 0) is 48.5 Å². The fourth-order valence-electron chi connectivity index (χ4n) is 3.67. The van der Waals surface area contributed by atoms with Crippen LogP contribution in [0.2, 0.25) is 0 Å². The largest absolute Gasteiger partial charge is 0.278 e. The second-order valence-corrected chi connectivity index (χ2v) is 8.47. The van der Waals surface area contributed by atoms with E-state index in [0.717, 1.165) is 4.90 Å². The van der Waals surface area contributed by atoms with E-state index in [4.69, 9.17) is 0 Å². The molecule has 3 amide bonds. The van der Waals surface area contributed by atoms with Crippen LogP contribution in [0, 0.1) is 5.82 Å². The summed E-state index contributed by atoms with van der Waals surface area (Å²) in [6, 6.07) is 16.4. The highest BCUT2D eigenvalue weighted by Gasteiger charge is 2.30. The van der Waals surface area contributed by atoms with Gasteiger partial charge in [0.2, 0.25) is 11.8 Å². The third-order valence-electron chi connectivity index (χ3n) is 5.30. The number of fused-ring (bicyclic) bond motifs is 1. The van der Waals surface area contributed by atoms with Crippen LogP contribution in [-0.4, -0.2) is 27.7 Å². The summed E-state index contributed by atoms with van der Waals surface area (Å²) in [4.78, 5) is 48.8. The van der Waals surface area contributed by atoms with E-state index in [-0.39, 0.29) is 42.6 Å². The number of carbonyl (C=O) groups excluding carboxylic acids is 3. The lowest BCUT2D eigenvalue weighted by Gasteiger charge is -2.20. The molecular weight excluding hydrogens is 443 g/mol. The molecule has 0 spiro atoms. The molecule has 0 unspecified atom stereocenters. The standard InChI is InChI=1S/C24H17FN4O3S/c25-18-5-3-6-19-22(18)27-24(33-19)28(14-16-4-1-2-13-26-16)23(32)15-7-9-17(10-8-15)29-20(30)11-12-21(29)31/h1-10,13H,11-12,14H2. The molecule has 9 heteroatoms. The van der Waals surface area contributed by atoms with Crippen molar-refractivity contribution in [2.24, 2.45) is 0 Å². The van der Waals surface area contributed by atoms with Crippen molar-refractivity contribution in [3.63, 3.8) is 0 Å². The molecule has 3 heterocycles. The molecule has 33 heavy (non-hydrogen) atoms. The molecular formula is C24H17FN4O3S. The lowest BCUT2D eigenvalue weighted by atomic mass is 10.1. The van der Waals surface area contributed by atoms with Crippen molar-refractivity contribution in [1.82, 2.24) is 9.97 Å². The van der Waals surface area contributed by atoms with Crippen LogP contribution in [0.4, 0.5) is 15.2 Å². The predicted octanol–water partition coefficient (Wildman–Crippen LogP) is 4.33. The van der Waals surface area contributed by atoms with Crippen LogP contribution >= 0.6 is 11.3 Å². The molecule has 0 N–H and O–H groups in total. The number of hydrogen-bond donors (Lipinski definition) is 0. The Balaban J connectivity index is 1.50. The van der Waals surface area contributed by atoms with Gasteiger partial charge in [-0.1, -0.05) is 23.5 Å². The van der Waals surface area contributed by atoms with Crippen LogP contribution in [0.15, 0.2) is 66.9 Å². The monoisotopic (exact) mass is 460 g/mol. The molecule has 0 aliphatic carbocycles. The van der Waals surface area contributed by atoms with Gasteiger partial charge < -0.3 is 0 Å². The quantitative estimate of drug-likeness (QED) is 0.414. The fourth-order valence-corrected chi connectivity index (χ4v) is 4.65. The molecule has 1 aliphatic rings. The minimum atomic E-state index is -0.454. The Hall–Kier alpha value is -3.98. The number of halogens is 1. The molecule has 0 atom stereocenters. The molecule has 0 saturated carbocycles. The Morgan fingerprint density at radius 1 is 1.00 bits per heavy atom. The van der Waals surface area contributed by atoms with Crippen molar-refractivity contribution in [3.05, 3.63) is 83.9 Å². The van der Waals surface area contributed by atoms with Crippen LogP contribution in [0.3, 0.4) is 0 Å². The second kappa shape index (κ2) is 8.51. The van der Waals surface area contributed by atoms with E-state index < -0.39 is 5.82 Å². The molecule has 1 fully saturated rings. The van der Waals surface area contributed by atoms with E-state index in [0.29, 0.717) is 26.8 Å². The smallest absolute Gasteiger partial charge is 0.260 e. The Labute approximate surface area is 192 Å². The van der Waals surface area contributed by atoms with Crippen LogP contribution in [-0.2, 0) is 16.1 Å². The zero-order valence-corrected chi connectivity index (χ0v) is 18.1. The van der Waals surface area contributed by atoms with Crippen LogP contribution in [0.25, 0.3) is 10.2 Å². The van der Waals surface area contributed by atoms with Gasteiger partial charge in [-0.3, -0.25) is 29.2 Å². The summed E-state index contributed by atoms with van der Waals surface area (Å²) in [6.07, 6.45) is 2.01. The molecule has 0 bridgehead atoms. The zero-order valence-electron chi connectivity index (χ0n) is 17.3. The highest BCUT2D eigenvalue weighted by Crippen LogP contribution is 2.32. The first-order valence-electron chi connectivity index (χ1n) is 10.2. The van der Waals surface area contributed by atoms with E-state index in [9.17, 15) is 18.8 Å². The second-order valence-electron chi connectivity index (χ2n) is 7.47. The van der Waals surface area contributed by atoms with E-state index in [1.54, 1.807) is 54.7 Å². The lowest BCUT2D eigenvalue weighted by Crippen LogP contribution is -2.31. The number of amides is 3. The molecule has 2 aromatic carbocycles. The van der Waals surface area contributed by atoms with Crippen LogP contribution in [0.5, 0.6) is 0 Å². The number of hydrogen-bond acceptors (Lipinski definition) is 6. The molecule has 164 valence electrons. The summed E-state index contributed by atoms with van der Waals surface area (Å²) in [6.45, 7) is 0.145. The van der Waals surface area contributed by atoms with Gasteiger partial charge in [-0.2, -0.15) is 0 Å². The number of pyridine rings is 1. The number of para-hydroxylation sites is 1. The maximum Gasteiger partial charge on any atom is 0.260 e. The number of aromatic nitrogens is 2. The molecule has 5 rings (SSSR count). The highest BCUT2D eigenvalue weighted by atomic mass is 32.1. The summed E-state index contributed by atoms with van der Waals surface area (Å²) in [5.74, 6) is -1.32. The number of nitrogens with zero attached hydrogens (tertiary/aromatic N) is 4. The van der Waals surface area contributed by atoms with Gasteiger partial charge in [-0.25, -0.2) is 9.37 Å². The first kappa shape index (κ1) is 20.9. The van der Waals surface area contributed by atoms with Gasteiger partial charge in [-0.15, -0.1) is 0 Å². The minimum Gasteiger partial charge on any atom is -0.278 e. The fraction of sp³-hybridized carbons (Fsp3) is 0.125. The van der Waals surface area contributed by atoms with Crippen LogP contribution < -0.4 is 9.80 Å². The van der Waals surface area contributed by atoms with Crippen molar-refractivity contribution in [3.8, 4) is 0 Å². The minimum absolute atomic E-state index is 0.145. The average molecular weight is 460 g/mol. The normalized spacial score (nSPS) is 13.7. The average Bonchev–Trinajstić information content (AvgIpc) is 3.41. The number of anilines is 2. The summed E-state index contributed by atoms with van der Waals surface area (Å²) in [5.41, 5.74) is 1.62. The van der Waals surface area contributed by atoms with Crippen molar-refractivity contribution in [1.29, 1.82) is 0 Å². The third-order valence-corrected chi connectivity index (χ3v) is 6.35. The summed E-state index contributed by atoms with van der Waals surface area (Å²) < 4.78 is 14.9. The number of imide groups is 1. The lowest BCUT2D eigenvalue weighted by molar-refractivity contribution is -0.121. The molecule has 4 aromatic rings. The first-order chi connectivity index (χ1) is 16.0. The van der Waals surface area contributed by atoms with Gasteiger partial charge in [0.1, 0.15) is 11.3 Å². The van der Waals surface area contributed by atoms with Gasteiger partial charge in [0, 0.05) is 24.6 Å². The van der Waals surface area contributed by atoms with Gasteiger partial charge in [0.05, 0.1) is 22.6 Å². The molecule has 1 saturated heterocycles. The summed E-state index contributed by atoms with van der Waals surface area (Å²) >= 11 is 1.21. The Bertz CT molecular complexity index is 1360.